The molecule has 6 heteroatoms. The molecule has 0 aromatic heterocycles. The zero-order valence-corrected chi connectivity index (χ0v) is 4.77. The number of hydrogen-bond acceptors (Lipinski definition) is 1. The van der Waals surface area contributed by atoms with Gasteiger partial charge in [-0.3, -0.25) is 0 Å². The van der Waals surface area contributed by atoms with Crippen LogP contribution in [0.15, 0.2) is 0 Å². The number of halogens is 3. The molecule has 1 heterocycles. The Labute approximate surface area is 56.0 Å². The monoisotopic (exact) mass is 155 g/mol. The third-order valence-electron chi connectivity index (χ3n) is 1.11. The normalized spacial score (nSPS) is 28.3. The lowest BCUT2D eigenvalue weighted by Crippen LogP contribution is -2.40. The summed E-state index contributed by atoms with van der Waals surface area (Å²) in [6, 6.07) is -2.90. The van der Waals surface area contributed by atoms with Crippen LogP contribution >= 0.6 is 0 Å². The summed E-state index contributed by atoms with van der Waals surface area (Å²) < 4.78 is 42.0. The summed E-state index contributed by atoms with van der Waals surface area (Å²) >= 11 is 0. The summed E-state index contributed by atoms with van der Waals surface area (Å²) in [7, 11) is 0. The van der Waals surface area contributed by atoms with Crippen molar-refractivity contribution >= 4 is 6.03 Å². The largest absolute Gasteiger partial charge is 0.410 e. The maximum absolute atomic E-state index is 11.8. The van der Waals surface area contributed by atoms with Crippen LogP contribution < -0.4 is 10.6 Å². The van der Waals surface area contributed by atoms with Gasteiger partial charge in [0.2, 0.25) is 0 Å². The molecule has 0 spiro atoms. The predicted molar refractivity (Wildman–Crippen MR) is 26.4 cm³/mol. The van der Waals surface area contributed by atoms with E-state index < -0.39 is 24.8 Å². The SMILES string of the molecule is [2H]N1C[C@@H](C(F)(F)F)NC1=O. The number of nitrogens with one attached hydrogen (secondary N) is 2. The molecule has 0 aromatic carbocycles. The highest BCUT2D eigenvalue weighted by molar-refractivity contribution is 5.76. The van der Waals surface area contributed by atoms with E-state index in [1.165, 1.54) is 0 Å². The number of alkyl halides is 3. The van der Waals surface area contributed by atoms with Gasteiger partial charge in [-0.25, -0.2) is 4.79 Å². The molecular formula is C4H5F3N2O. The molecule has 0 aromatic rings. The van der Waals surface area contributed by atoms with Crippen molar-refractivity contribution in [1.82, 2.24) is 10.6 Å². The predicted octanol–water partition coefficient (Wildman–Crippen LogP) is 0.230. The van der Waals surface area contributed by atoms with Crippen LogP contribution in [-0.2, 0) is 0 Å². The van der Waals surface area contributed by atoms with Crippen LogP contribution in [0.2, 0.25) is 1.41 Å². The molecule has 0 bridgehead atoms. The second-order valence-electron chi connectivity index (χ2n) is 1.88. The maximum atomic E-state index is 11.8. The molecule has 0 aliphatic carbocycles. The molecule has 2 amide bonds. The Hall–Kier alpha value is -0.940. The van der Waals surface area contributed by atoms with Gasteiger partial charge in [0.05, 0.1) is 0 Å². The Balaban J connectivity index is 2.61. The van der Waals surface area contributed by atoms with E-state index in [0.717, 1.165) is 0 Å². The molecular weight excluding hydrogens is 149 g/mol. The molecule has 10 heavy (non-hydrogen) atoms. The summed E-state index contributed by atoms with van der Waals surface area (Å²) in [5, 5.41) is 1.87. The van der Waals surface area contributed by atoms with Gasteiger partial charge >= 0.3 is 12.2 Å². The van der Waals surface area contributed by atoms with E-state index >= 15 is 0 Å². The molecule has 0 unspecified atom stereocenters. The van der Waals surface area contributed by atoms with Crippen LogP contribution in [0.25, 0.3) is 0 Å². The van der Waals surface area contributed by atoms with Gasteiger partial charge in [0.25, 0.3) is 0 Å². The van der Waals surface area contributed by atoms with Gasteiger partial charge < -0.3 is 10.6 Å². The maximum Gasteiger partial charge on any atom is 0.410 e. The Morgan fingerprint density at radius 3 is 2.50 bits per heavy atom. The fourth-order valence-corrected chi connectivity index (χ4v) is 0.600. The van der Waals surface area contributed by atoms with Crippen LogP contribution in [0.4, 0.5) is 18.0 Å². The van der Waals surface area contributed by atoms with Crippen LogP contribution in [-0.4, -0.2) is 24.8 Å². The van der Waals surface area contributed by atoms with E-state index in [4.69, 9.17) is 1.41 Å². The van der Waals surface area contributed by atoms with Gasteiger partial charge in [-0.2, -0.15) is 13.2 Å². The van der Waals surface area contributed by atoms with Gasteiger partial charge in [0.1, 0.15) is 6.04 Å². The van der Waals surface area contributed by atoms with Crippen LogP contribution in [0.3, 0.4) is 0 Å². The Kier molecular flexibility index (Phi) is 1.18. The minimum atomic E-state index is -4.45. The summed E-state index contributed by atoms with van der Waals surface area (Å²) in [6.07, 6.45) is -4.45. The second kappa shape index (κ2) is 2.03. The standard InChI is InChI=1S/C4H5F3N2O/c5-4(6,7)2-1-8-3(10)9-2/h2H,1H2,(H2,8,9,10)/t2-/m0/s1/i/hD. The quantitative estimate of drug-likeness (QED) is 0.516. The average Bonchev–Trinajstić information content (AvgIpc) is 2.11. The molecule has 1 aliphatic rings. The van der Waals surface area contributed by atoms with Crippen molar-refractivity contribution in [2.45, 2.75) is 12.2 Å². The Morgan fingerprint density at radius 1 is 1.70 bits per heavy atom. The Bertz CT molecular complexity index is 183. The second-order valence-corrected chi connectivity index (χ2v) is 1.88. The number of urea groups is 1. The first-order valence-electron chi connectivity index (χ1n) is 2.99. The molecule has 1 saturated heterocycles. The number of carbonyl (C=O) groups excluding carboxylic acids is 1. The third kappa shape index (κ3) is 1.31. The zero-order valence-electron chi connectivity index (χ0n) is 5.77. The Morgan fingerprint density at radius 2 is 2.30 bits per heavy atom. The van der Waals surface area contributed by atoms with E-state index in [1.807, 2.05) is 0 Å². The van der Waals surface area contributed by atoms with Crippen molar-refractivity contribution in [1.29, 1.82) is 0 Å². The summed E-state index contributed by atoms with van der Waals surface area (Å²) in [6.45, 7) is -0.637. The molecule has 1 fully saturated rings. The van der Waals surface area contributed by atoms with Gasteiger partial charge in [0, 0.05) is 6.54 Å². The van der Waals surface area contributed by atoms with Crippen LogP contribution in [0.5, 0.6) is 0 Å². The van der Waals surface area contributed by atoms with Crippen molar-refractivity contribution in [3.8, 4) is 0 Å². The smallest absolute Gasteiger partial charge is 0.336 e. The fraction of sp³-hybridized carbons (Fsp3) is 0.750. The molecule has 2 N–H and O–H groups in total. The van der Waals surface area contributed by atoms with E-state index in [2.05, 4.69) is 0 Å². The molecule has 1 aliphatic heterocycles. The molecule has 3 nitrogen and oxygen atoms in total. The molecule has 1 rings (SSSR count). The average molecular weight is 155 g/mol. The van der Waals surface area contributed by atoms with E-state index in [9.17, 15) is 18.0 Å². The number of carbonyl (C=O) groups is 1. The van der Waals surface area contributed by atoms with E-state index in [-0.39, 0.29) is 5.31 Å². The molecule has 0 radical (unpaired) electrons. The highest BCUT2D eigenvalue weighted by atomic mass is 19.4. The van der Waals surface area contributed by atoms with Crippen LogP contribution in [0, 0.1) is 0 Å². The lowest BCUT2D eigenvalue weighted by Gasteiger charge is -2.11. The minimum Gasteiger partial charge on any atom is -0.336 e. The molecule has 1 atom stereocenters. The summed E-state index contributed by atoms with van der Waals surface area (Å²) in [4.78, 5) is 10.4. The minimum absolute atomic E-state index is 0.248. The first-order chi connectivity index (χ1) is 4.91. The van der Waals surface area contributed by atoms with E-state index in [1.54, 1.807) is 5.32 Å². The van der Waals surface area contributed by atoms with Crippen molar-refractivity contribution in [3.63, 3.8) is 0 Å². The third-order valence-corrected chi connectivity index (χ3v) is 1.11. The highest BCUT2D eigenvalue weighted by Crippen LogP contribution is 2.20. The zero-order chi connectivity index (χ0) is 8.65. The van der Waals surface area contributed by atoms with Gasteiger partial charge in [-0.15, -0.1) is 0 Å². The highest BCUT2D eigenvalue weighted by Gasteiger charge is 2.43. The van der Waals surface area contributed by atoms with Crippen molar-refractivity contribution in [3.05, 3.63) is 0 Å². The van der Waals surface area contributed by atoms with Gasteiger partial charge in [0.15, 0.2) is 1.41 Å². The first kappa shape index (κ1) is 5.82. The van der Waals surface area contributed by atoms with Gasteiger partial charge in [-0.05, 0) is 0 Å². The number of amides is 2. The van der Waals surface area contributed by atoms with Crippen molar-refractivity contribution < 1.29 is 19.4 Å². The van der Waals surface area contributed by atoms with Crippen LogP contribution in [0.1, 0.15) is 0 Å². The topological polar surface area (TPSA) is 41.1 Å². The summed E-state index contributed by atoms with van der Waals surface area (Å²) in [5.74, 6) is 0. The lowest BCUT2D eigenvalue weighted by molar-refractivity contribution is -0.148. The van der Waals surface area contributed by atoms with E-state index in [0.29, 0.717) is 0 Å². The number of hydrogen-bond donors (Lipinski definition) is 2. The molecule has 58 valence electrons. The van der Waals surface area contributed by atoms with Crippen molar-refractivity contribution in [2.24, 2.45) is 0 Å². The van der Waals surface area contributed by atoms with Crippen molar-refractivity contribution in [2.75, 3.05) is 6.54 Å². The first-order valence-corrected chi connectivity index (χ1v) is 2.55. The number of rotatable bonds is 0. The fourth-order valence-electron chi connectivity index (χ4n) is 0.600. The molecule has 0 saturated carbocycles. The van der Waals surface area contributed by atoms with Gasteiger partial charge in [-0.1, -0.05) is 0 Å². The summed E-state index contributed by atoms with van der Waals surface area (Å²) in [5.41, 5.74) is 0. The lowest BCUT2D eigenvalue weighted by atomic mass is 10.3.